The predicted octanol–water partition coefficient (Wildman–Crippen LogP) is 4.12. The lowest BCUT2D eigenvalue weighted by Gasteiger charge is -2.12. The molecule has 0 spiro atoms. The SMILES string of the molecule is COc1ccc(NC(=O)Cn2c(/C=C/c3cccc([N+](=O)[O-])c3)nc3ccccc3c2=O)cc1. The summed E-state index contributed by atoms with van der Waals surface area (Å²) >= 11 is 0. The van der Waals surface area contributed by atoms with Crippen LogP contribution in [0.5, 0.6) is 5.75 Å². The van der Waals surface area contributed by atoms with Crippen molar-refractivity contribution in [3.63, 3.8) is 0 Å². The van der Waals surface area contributed by atoms with Crippen molar-refractivity contribution in [3.8, 4) is 5.75 Å². The fraction of sp³-hybridized carbons (Fsp3) is 0.0800. The fourth-order valence-electron chi connectivity index (χ4n) is 3.40. The van der Waals surface area contributed by atoms with E-state index in [-0.39, 0.29) is 23.6 Å². The van der Waals surface area contributed by atoms with Crippen LogP contribution in [0.1, 0.15) is 11.4 Å². The second kappa shape index (κ2) is 9.78. The second-order valence-electron chi connectivity index (χ2n) is 7.34. The lowest BCUT2D eigenvalue weighted by Crippen LogP contribution is -2.30. The third kappa shape index (κ3) is 4.99. The number of aromatic nitrogens is 2. The minimum absolute atomic E-state index is 0.0510. The van der Waals surface area contributed by atoms with E-state index in [0.717, 1.165) is 0 Å². The van der Waals surface area contributed by atoms with Crippen LogP contribution in [0.3, 0.4) is 0 Å². The molecule has 0 aliphatic heterocycles. The van der Waals surface area contributed by atoms with Gasteiger partial charge in [0.1, 0.15) is 18.1 Å². The molecule has 0 atom stereocenters. The van der Waals surface area contributed by atoms with Gasteiger partial charge in [0, 0.05) is 17.8 Å². The number of benzene rings is 3. The minimum Gasteiger partial charge on any atom is -0.497 e. The molecule has 0 aliphatic carbocycles. The number of hydrogen-bond acceptors (Lipinski definition) is 6. The molecule has 0 saturated heterocycles. The number of amides is 1. The Morgan fingerprint density at radius 2 is 1.85 bits per heavy atom. The number of rotatable bonds is 7. The van der Waals surface area contributed by atoms with Crippen molar-refractivity contribution in [1.82, 2.24) is 9.55 Å². The van der Waals surface area contributed by atoms with E-state index in [1.54, 1.807) is 79.9 Å². The molecule has 0 bridgehead atoms. The number of nitro benzene ring substituents is 1. The number of para-hydroxylation sites is 1. The highest BCUT2D eigenvalue weighted by Gasteiger charge is 2.13. The number of fused-ring (bicyclic) bond motifs is 1. The summed E-state index contributed by atoms with van der Waals surface area (Å²) in [7, 11) is 1.55. The molecule has 4 rings (SSSR count). The smallest absolute Gasteiger partial charge is 0.270 e. The number of anilines is 1. The lowest BCUT2D eigenvalue weighted by atomic mass is 10.2. The zero-order chi connectivity index (χ0) is 24.1. The first-order valence-corrected chi connectivity index (χ1v) is 10.3. The van der Waals surface area contributed by atoms with E-state index in [1.807, 2.05) is 0 Å². The van der Waals surface area contributed by atoms with Crippen molar-refractivity contribution in [1.29, 1.82) is 0 Å². The van der Waals surface area contributed by atoms with Crippen LogP contribution < -0.4 is 15.6 Å². The normalized spacial score (nSPS) is 11.0. The molecule has 0 radical (unpaired) electrons. The summed E-state index contributed by atoms with van der Waals surface area (Å²) in [6.07, 6.45) is 3.18. The highest BCUT2D eigenvalue weighted by Crippen LogP contribution is 2.17. The summed E-state index contributed by atoms with van der Waals surface area (Å²) in [5.41, 5.74) is 1.18. The first-order chi connectivity index (χ1) is 16.4. The Kier molecular flexibility index (Phi) is 6.45. The average molecular weight is 456 g/mol. The first-order valence-electron chi connectivity index (χ1n) is 10.3. The molecule has 170 valence electrons. The van der Waals surface area contributed by atoms with Gasteiger partial charge in [-0.2, -0.15) is 0 Å². The molecule has 3 aromatic carbocycles. The first kappa shape index (κ1) is 22.4. The number of methoxy groups -OCH3 is 1. The van der Waals surface area contributed by atoms with Gasteiger partial charge >= 0.3 is 0 Å². The maximum atomic E-state index is 13.2. The van der Waals surface area contributed by atoms with Crippen LogP contribution in [0.25, 0.3) is 23.1 Å². The van der Waals surface area contributed by atoms with Crippen LogP contribution in [-0.2, 0) is 11.3 Å². The molecule has 0 aliphatic rings. The molecule has 0 fully saturated rings. The Morgan fingerprint density at radius 3 is 2.59 bits per heavy atom. The topological polar surface area (TPSA) is 116 Å². The van der Waals surface area contributed by atoms with Gasteiger partial charge < -0.3 is 10.1 Å². The standard InChI is InChI=1S/C25H20N4O5/c1-34-20-12-10-18(11-13-20)26-24(30)16-28-23(27-22-8-3-2-7-21(22)25(28)31)14-9-17-5-4-6-19(15-17)29(32)33/h2-15H,16H2,1H3,(H,26,30)/b14-9+. The second-order valence-corrected chi connectivity index (χ2v) is 7.34. The van der Waals surface area contributed by atoms with Gasteiger partial charge in [-0.3, -0.25) is 24.3 Å². The molecular formula is C25H20N4O5. The third-order valence-corrected chi connectivity index (χ3v) is 5.07. The van der Waals surface area contributed by atoms with Crippen LogP contribution in [0.4, 0.5) is 11.4 Å². The summed E-state index contributed by atoms with van der Waals surface area (Å²) < 4.78 is 6.39. The van der Waals surface area contributed by atoms with Crippen molar-refractivity contribution in [2.45, 2.75) is 6.54 Å². The van der Waals surface area contributed by atoms with E-state index in [1.165, 1.54) is 16.7 Å². The van der Waals surface area contributed by atoms with Crippen LogP contribution in [-0.4, -0.2) is 27.5 Å². The van der Waals surface area contributed by atoms with Crippen LogP contribution in [0.15, 0.2) is 77.6 Å². The fourth-order valence-corrected chi connectivity index (χ4v) is 3.40. The molecule has 1 heterocycles. The van der Waals surface area contributed by atoms with E-state index in [0.29, 0.717) is 27.9 Å². The Morgan fingerprint density at radius 1 is 1.09 bits per heavy atom. The molecule has 9 heteroatoms. The van der Waals surface area contributed by atoms with Crippen molar-refractivity contribution >= 4 is 40.3 Å². The zero-order valence-corrected chi connectivity index (χ0v) is 18.2. The third-order valence-electron chi connectivity index (χ3n) is 5.07. The Labute approximate surface area is 194 Å². The molecule has 0 saturated carbocycles. The van der Waals surface area contributed by atoms with Crippen molar-refractivity contribution in [2.75, 3.05) is 12.4 Å². The van der Waals surface area contributed by atoms with Crippen molar-refractivity contribution in [2.24, 2.45) is 0 Å². The van der Waals surface area contributed by atoms with Crippen molar-refractivity contribution in [3.05, 3.63) is 105 Å². The molecule has 34 heavy (non-hydrogen) atoms. The van der Waals surface area contributed by atoms with E-state index < -0.39 is 10.8 Å². The zero-order valence-electron chi connectivity index (χ0n) is 18.2. The summed E-state index contributed by atoms with van der Waals surface area (Å²) in [4.78, 5) is 41.0. The predicted molar refractivity (Wildman–Crippen MR) is 130 cm³/mol. The number of non-ortho nitro benzene ring substituents is 1. The number of hydrogen-bond donors (Lipinski definition) is 1. The van der Waals surface area contributed by atoms with E-state index >= 15 is 0 Å². The average Bonchev–Trinajstić information content (AvgIpc) is 2.85. The molecule has 4 aromatic rings. The largest absolute Gasteiger partial charge is 0.497 e. The van der Waals surface area contributed by atoms with Gasteiger partial charge in [-0.15, -0.1) is 0 Å². The number of nitrogens with zero attached hydrogens (tertiary/aromatic N) is 3. The van der Waals surface area contributed by atoms with Gasteiger partial charge in [-0.25, -0.2) is 4.98 Å². The minimum atomic E-state index is -0.481. The monoisotopic (exact) mass is 456 g/mol. The molecule has 9 nitrogen and oxygen atoms in total. The number of nitro groups is 1. The van der Waals surface area contributed by atoms with Crippen molar-refractivity contribution < 1.29 is 14.5 Å². The Hall–Kier alpha value is -4.79. The molecule has 1 aromatic heterocycles. The lowest BCUT2D eigenvalue weighted by molar-refractivity contribution is -0.384. The van der Waals surface area contributed by atoms with E-state index in [2.05, 4.69) is 10.3 Å². The maximum Gasteiger partial charge on any atom is 0.270 e. The maximum absolute atomic E-state index is 13.2. The van der Waals surface area contributed by atoms with Gasteiger partial charge in [-0.1, -0.05) is 30.3 Å². The number of carbonyl (C=O) groups is 1. The van der Waals surface area contributed by atoms with E-state index in [9.17, 15) is 19.7 Å². The number of nitrogens with one attached hydrogen (secondary N) is 1. The summed E-state index contributed by atoms with van der Waals surface area (Å²) in [6.45, 7) is -0.267. The quantitative estimate of drug-likeness (QED) is 0.330. The van der Waals surface area contributed by atoms with Gasteiger partial charge in [0.15, 0.2) is 0 Å². The van der Waals surface area contributed by atoms with Gasteiger partial charge in [0.25, 0.3) is 11.2 Å². The van der Waals surface area contributed by atoms with E-state index in [4.69, 9.17) is 4.74 Å². The Balaban J connectivity index is 1.68. The molecular weight excluding hydrogens is 436 g/mol. The summed E-state index contributed by atoms with van der Waals surface area (Å²) in [6, 6.07) is 19.8. The summed E-state index contributed by atoms with van der Waals surface area (Å²) in [5, 5.41) is 14.2. The summed E-state index contributed by atoms with van der Waals surface area (Å²) in [5.74, 6) is 0.496. The molecule has 0 unspecified atom stereocenters. The van der Waals surface area contributed by atoms with Crippen LogP contribution in [0.2, 0.25) is 0 Å². The van der Waals surface area contributed by atoms with Crippen LogP contribution >= 0.6 is 0 Å². The highest BCUT2D eigenvalue weighted by atomic mass is 16.6. The molecule has 1 N–H and O–H groups in total. The van der Waals surface area contributed by atoms with Gasteiger partial charge in [0.2, 0.25) is 5.91 Å². The number of ether oxygens (including phenoxy) is 1. The number of carbonyl (C=O) groups excluding carboxylic acids is 1. The molecule has 1 amide bonds. The van der Waals surface area contributed by atoms with Gasteiger partial charge in [-0.05, 0) is 48.0 Å². The highest BCUT2D eigenvalue weighted by molar-refractivity contribution is 5.91. The van der Waals surface area contributed by atoms with Crippen LogP contribution in [0, 0.1) is 10.1 Å². The Bertz CT molecular complexity index is 1460. The van der Waals surface area contributed by atoms with Gasteiger partial charge in [0.05, 0.1) is 22.9 Å².